The number of aromatic nitrogens is 2. The van der Waals surface area contributed by atoms with Crippen molar-refractivity contribution in [2.75, 3.05) is 31.1 Å². The van der Waals surface area contributed by atoms with Gasteiger partial charge in [0.25, 0.3) is 0 Å². The smallest absolute Gasteiger partial charge is 0.210 e. The molecule has 1 fully saturated rings. The second-order valence-electron chi connectivity index (χ2n) is 7.18. The number of hydrogen-bond acceptors (Lipinski definition) is 3. The van der Waals surface area contributed by atoms with Gasteiger partial charge in [-0.05, 0) is 31.5 Å². The standard InChI is InChI=1S/C22H26N4/c1-18-3-7-20(8-4-18)17-24-13-15-25(16-14-24)22-23-11-12-26(22)21-9-5-19(2)6-10-21/h3-12H,13-17H2,1-2H3. The highest BCUT2D eigenvalue weighted by Crippen LogP contribution is 2.20. The highest BCUT2D eigenvalue weighted by atomic mass is 15.3. The number of nitrogens with zero attached hydrogens (tertiary/aromatic N) is 4. The van der Waals surface area contributed by atoms with E-state index < -0.39 is 0 Å². The summed E-state index contributed by atoms with van der Waals surface area (Å²) >= 11 is 0. The maximum atomic E-state index is 4.63. The van der Waals surface area contributed by atoms with Crippen molar-refractivity contribution >= 4 is 5.95 Å². The van der Waals surface area contributed by atoms with Crippen molar-refractivity contribution in [3.63, 3.8) is 0 Å². The van der Waals surface area contributed by atoms with Gasteiger partial charge in [-0.15, -0.1) is 0 Å². The topological polar surface area (TPSA) is 24.3 Å². The van der Waals surface area contributed by atoms with E-state index in [0.717, 1.165) is 38.7 Å². The molecule has 4 nitrogen and oxygen atoms in total. The summed E-state index contributed by atoms with van der Waals surface area (Å²) in [5.41, 5.74) is 5.16. The van der Waals surface area contributed by atoms with Crippen LogP contribution in [0, 0.1) is 13.8 Å². The van der Waals surface area contributed by atoms with Crippen molar-refractivity contribution in [2.24, 2.45) is 0 Å². The first-order chi connectivity index (χ1) is 12.7. The maximum Gasteiger partial charge on any atom is 0.210 e. The fraction of sp³-hybridized carbons (Fsp3) is 0.318. The molecule has 1 aliphatic rings. The molecule has 1 saturated heterocycles. The summed E-state index contributed by atoms with van der Waals surface area (Å²) in [6.07, 6.45) is 3.95. The molecular formula is C22H26N4. The van der Waals surface area contributed by atoms with E-state index >= 15 is 0 Å². The second kappa shape index (κ2) is 7.34. The normalized spacial score (nSPS) is 15.4. The molecule has 1 aromatic heterocycles. The van der Waals surface area contributed by atoms with Crippen LogP contribution in [0.1, 0.15) is 16.7 Å². The first kappa shape index (κ1) is 16.9. The third kappa shape index (κ3) is 3.65. The first-order valence-electron chi connectivity index (χ1n) is 9.32. The first-order valence-corrected chi connectivity index (χ1v) is 9.32. The van der Waals surface area contributed by atoms with E-state index in [0.29, 0.717) is 0 Å². The molecule has 0 unspecified atom stereocenters. The van der Waals surface area contributed by atoms with Gasteiger partial charge in [-0.25, -0.2) is 4.98 Å². The number of rotatable bonds is 4. The van der Waals surface area contributed by atoms with Crippen LogP contribution in [0.25, 0.3) is 5.69 Å². The summed E-state index contributed by atoms with van der Waals surface area (Å²) in [4.78, 5) is 9.55. The van der Waals surface area contributed by atoms with Crippen LogP contribution in [0.15, 0.2) is 60.9 Å². The van der Waals surface area contributed by atoms with Gasteiger partial charge in [-0.1, -0.05) is 47.5 Å². The van der Waals surface area contributed by atoms with E-state index in [1.54, 1.807) is 0 Å². The quantitative estimate of drug-likeness (QED) is 0.718. The van der Waals surface area contributed by atoms with Crippen LogP contribution in [0.5, 0.6) is 0 Å². The van der Waals surface area contributed by atoms with Crippen molar-refractivity contribution in [1.29, 1.82) is 0 Å². The molecule has 3 aromatic rings. The van der Waals surface area contributed by atoms with Gasteiger partial charge in [0.15, 0.2) is 0 Å². The van der Waals surface area contributed by atoms with E-state index in [2.05, 4.69) is 87.9 Å². The van der Waals surface area contributed by atoms with Gasteiger partial charge in [0.1, 0.15) is 0 Å². The molecule has 0 N–H and O–H groups in total. The SMILES string of the molecule is Cc1ccc(CN2CCN(c3nccn3-c3ccc(C)cc3)CC2)cc1. The minimum atomic E-state index is 1.01. The van der Waals surface area contributed by atoms with Gasteiger partial charge >= 0.3 is 0 Å². The summed E-state index contributed by atoms with van der Waals surface area (Å²) < 4.78 is 2.19. The zero-order valence-electron chi connectivity index (χ0n) is 15.6. The number of benzene rings is 2. The number of piperazine rings is 1. The number of aryl methyl sites for hydroxylation is 2. The Labute approximate surface area is 155 Å². The molecule has 4 heteroatoms. The second-order valence-corrected chi connectivity index (χ2v) is 7.18. The van der Waals surface area contributed by atoms with Gasteiger partial charge < -0.3 is 4.90 Å². The lowest BCUT2D eigenvalue weighted by molar-refractivity contribution is 0.248. The van der Waals surface area contributed by atoms with Crippen LogP contribution < -0.4 is 4.90 Å². The molecule has 0 spiro atoms. The average Bonchev–Trinajstić information content (AvgIpc) is 3.15. The zero-order valence-corrected chi connectivity index (χ0v) is 15.6. The molecule has 1 aliphatic heterocycles. The molecule has 0 radical (unpaired) electrons. The van der Waals surface area contributed by atoms with Crippen LogP contribution in [0.2, 0.25) is 0 Å². The zero-order chi connectivity index (χ0) is 17.9. The van der Waals surface area contributed by atoms with Crippen molar-refractivity contribution in [3.05, 3.63) is 77.6 Å². The largest absolute Gasteiger partial charge is 0.339 e. The third-order valence-electron chi connectivity index (χ3n) is 5.12. The van der Waals surface area contributed by atoms with E-state index in [1.807, 2.05) is 6.20 Å². The summed E-state index contributed by atoms with van der Waals surface area (Å²) in [6, 6.07) is 17.5. The lowest BCUT2D eigenvalue weighted by Crippen LogP contribution is -2.46. The maximum absolute atomic E-state index is 4.63. The van der Waals surface area contributed by atoms with E-state index in [-0.39, 0.29) is 0 Å². The monoisotopic (exact) mass is 346 g/mol. The Balaban J connectivity index is 1.41. The molecular weight excluding hydrogens is 320 g/mol. The number of hydrogen-bond donors (Lipinski definition) is 0. The van der Waals surface area contributed by atoms with Crippen molar-refractivity contribution in [2.45, 2.75) is 20.4 Å². The van der Waals surface area contributed by atoms with Gasteiger partial charge in [0.2, 0.25) is 5.95 Å². The van der Waals surface area contributed by atoms with Gasteiger partial charge in [0.05, 0.1) is 0 Å². The Hall–Kier alpha value is -2.59. The Bertz CT molecular complexity index is 841. The van der Waals surface area contributed by atoms with Crippen molar-refractivity contribution < 1.29 is 0 Å². The van der Waals surface area contributed by atoms with E-state index in [1.165, 1.54) is 22.4 Å². The van der Waals surface area contributed by atoms with Crippen LogP contribution in [0.4, 0.5) is 5.95 Å². The predicted molar refractivity (Wildman–Crippen MR) is 107 cm³/mol. The molecule has 0 atom stereocenters. The third-order valence-corrected chi connectivity index (χ3v) is 5.12. The lowest BCUT2D eigenvalue weighted by Gasteiger charge is -2.35. The molecule has 0 aliphatic carbocycles. The molecule has 0 saturated carbocycles. The van der Waals surface area contributed by atoms with Crippen LogP contribution in [0.3, 0.4) is 0 Å². The summed E-state index contributed by atoms with van der Waals surface area (Å²) in [6.45, 7) is 9.43. The van der Waals surface area contributed by atoms with Crippen LogP contribution in [-0.4, -0.2) is 40.6 Å². The Morgan fingerprint density at radius 1 is 0.808 bits per heavy atom. The lowest BCUT2D eigenvalue weighted by atomic mass is 10.1. The molecule has 0 bridgehead atoms. The molecule has 2 aromatic carbocycles. The molecule has 134 valence electrons. The summed E-state index contributed by atoms with van der Waals surface area (Å²) in [5, 5.41) is 0. The molecule has 4 rings (SSSR count). The highest BCUT2D eigenvalue weighted by Gasteiger charge is 2.20. The minimum Gasteiger partial charge on any atom is -0.339 e. The van der Waals surface area contributed by atoms with E-state index in [4.69, 9.17) is 0 Å². The fourth-order valence-corrected chi connectivity index (χ4v) is 3.49. The van der Waals surface area contributed by atoms with Crippen molar-refractivity contribution in [3.8, 4) is 5.69 Å². The molecule has 26 heavy (non-hydrogen) atoms. The summed E-state index contributed by atoms with van der Waals surface area (Å²) in [7, 11) is 0. The predicted octanol–water partition coefficient (Wildman–Crippen LogP) is 3.81. The molecule has 0 amide bonds. The van der Waals surface area contributed by atoms with Gasteiger partial charge in [-0.3, -0.25) is 9.47 Å². The van der Waals surface area contributed by atoms with E-state index in [9.17, 15) is 0 Å². The summed E-state index contributed by atoms with van der Waals surface area (Å²) in [5.74, 6) is 1.05. The van der Waals surface area contributed by atoms with Gasteiger partial charge in [-0.2, -0.15) is 0 Å². The van der Waals surface area contributed by atoms with Gasteiger partial charge in [0, 0.05) is 50.8 Å². The Morgan fingerprint density at radius 3 is 2.08 bits per heavy atom. The molecule has 2 heterocycles. The number of imidazole rings is 1. The minimum absolute atomic E-state index is 1.01. The number of anilines is 1. The fourth-order valence-electron chi connectivity index (χ4n) is 3.49. The van der Waals surface area contributed by atoms with Crippen LogP contribution in [-0.2, 0) is 6.54 Å². The van der Waals surface area contributed by atoms with Crippen molar-refractivity contribution in [1.82, 2.24) is 14.5 Å². The van der Waals surface area contributed by atoms with Crippen LogP contribution >= 0.6 is 0 Å². The average molecular weight is 346 g/mol. The Kier molecular flexibility index (Phi) is 4.76. The highest BCUT2D eigenvalue weighted by molar-refractivity contribution is 5.44. The Morgan fingerprint density at radius 2 is 1.42 bits per heavy atom.